The minimum atomic E-state index is 0.319. The Labute approximate surface area is 119 Å². The average Bonchev–Trinajstić information content (AvgIpc) is 2.86. The number of aromatic amines is 1. The van der Waals surface area contributed by atoms with Crippen LogP contribution in [0.1, 0.15) is 31.5 Å². The smallest absolute Gasteiger partial charge is 0.183 e. The maximum atomic E-state index is 6.06. The molecule has 5 nitrogen and oxygen atoms in total. The van der Waals surface area contributed by atoms with Gasteiger partial charge in [-0.25, -0.2) is 4.98 Å². The molecule has 106 valence electrons. The number of H-pyrrole nitrogens is 1. The van der Waals surface area contributed by atoms with Crippen molar-refractivity contribution in [2.24, 2.45) is 5.73 Å². The van der Waals surface area contributed by atoms with Gasteiger partial charge in [-0.3, -0.25) is 5.10 Å². The van der Waals surface area contributed by atoms with E-state index in [0.29, 0.717) is 12.1 Å². The third-order valence-electron chi connectivity index (χ3n) is 3.84. The molecular weight excluding hydrogens is 250 g/mol. The third-order valence-corrected chi connectivity index (χ3v) is 3.84. The van der Waals surface area contributed by atoms with Crippen molar-refractivity contribution in [2.75, 3.05) is 5.32 Å². The van der Waals surface area contributed by atoms with Crippen LogP contribution in [0.2, 0.25) is 0 Å². The summed E-state index contributed by atoms with van der Waals surface area (Å²) in [4.78, 5) is 4.42. The highest BCUT2D eigenvalue weighted by molar-refractivity contribution is 5.73. The van der Waals surface area contributed by atoms with Crippen LogP contribution in [-0.2, 0) is 0 Å². The van der Waals surface area contributed by atoms with E-state index in [-0.39, 0.29) is 0 Å². The predicted octanol–water partition coefficient (Wildman–Crippen LogP) is 2.46. The number of hydrogen-bond acceptors (Lipinski definition) is 4. The van der Waals surface area contributed by atoms with E-state index in [1.807, 2.05) is 25.1 Å². The molecule has 2 unspecified atom stereocenters. The Bertz CT molecular complexity index is 577. The molecule has 2 atom stereocenters. The number of aryl methyl sites for hydroxylation is 1. The Morgan fingerprint density at radius 3 is 2.90 bits per heavy atom. The predicted molar refractivity (Wildman–Crippen MR) is 80.4 cm³/mol. The lowest BCUT2D eigenvalue weighted by molar-refractivity contribution is 0.409. The van der Waals surface area contributed by atoms with Crippen molar-refractivity contribution in [3.8, 4) is 11.4 Å². The van der Waals surface area contributed by atoms with Gasteiger partial charge in [0.1, 0.15) is 5.82 Å². The number of para-hydroxylation sites is 1. The topological polar surface area (TPSA) is 79.6 Å². The van der Waals surface area contributed by atoms with Crippen LogP contribution in [0, 0.1) is 6.92 Å². The fourth-order valence-corrected chi connectivity index (χ4v) is 2.85. The summed E-state index contributed by atoms with van der Waals surface area (Å²) in [6.07, 6.45) is 4.54. The van der Waals surface area contributed by atoms with E-state index in [1.54, 1.807) is 0 Å². The van der Waals surface area contributed by atoms with Gasteiger partial charge < -0.3 is 11.1 Å². The highest BCUT2D eigenvalue weighted by atomic mass is 15.2. The number of nitrogens with two attached hydrogens (primary N) is 1. The summed E-state index contributed by atoms with van der Waals surface area (Å²) in [5.41, 5.74) is 8.19. The number of hydrogen-bond donors (Lipinski definition) is 3. The van der Waals surface area contributed by atoms with E-state index >= 15 is 0 Å². The van der Waals surface area contributed by atoms with Gasteiger partial charge in [-0.2, -0.15) is 5.10 Å². The second kappa shape index (κ2) is 5.63. The Hall–Kier alpha value is -1.88. The second-order valence-corrected chi connectivity index (χ2v) is 5.56. The third kappa shape index (κ3) is 2.82. The first kappa shape index (κ1) is 13.1. The Balaban J connectivity index is 1.83. The number of rotatable bonds is 3. The molecule has 2 aromatic rings. The van der Waals surface area contributed by atoms with Crippen LogP contribution in [0.5, 0.6) is 0 Å². The molecule has 1 aliphatic carbocycles. The minimum Gasteiger partial charge on any atom is -0.382 e. The molecule has 0 radical (unpaired) electrons. The van der Waals surface area contributed by atoms with Gasteiger partial charge in [0.25, 0.3) is 0 Å². The van der Waals surface area contributed by atoms with Crippen molar-refractivity contribution in [3.05, 3.63) is 30.1 Å². The molecule has 1 saturated carbocycles. The lowest BCUT2D eigenvalue weighted by Crippen LogP contribution is -2.35. The number of nitrogens with one attached hydrogen (secondary N) is 2. The zero-order chi connectivity index (χ0) is 13.9. The molecule has 0 aliphatic heterocycles. The maximum absolute atomic E-state index is 6.06. The van der Waals surface area contributed by atoms with Crippen LogP contribution >= 0.6 is 0 Å². The number of nitrogens with zero attached hydrogens (tertiary/aromatic N) is 2. The molecule has 5 heteroatoms. The summed E-state index contributed by atoms with van der Waals surface area (Å²) in [5.74, 6) is 1.57. The molecule has 1 fully saturated rings. The lowest BCUT2D eigenvalue weighted by Gasteiger charge is -2.28. The molecule has 20 heavy (non-hydrogen) atoms. The van der Waals surface area contributed by atoms with Crippen LogP contribution in [0.4, 0.5) is 5.69 Å². The highest BCUT2D eigenvalue weighted by Gasteiger charge is 2.20. The molecule has 0 saturated heterocycles. The van der Waals surface area contributed by atoms with Gasteiger partial charge in [-0.15, -0.1) is 0 Å². The second-order valence-electron chi connectivity index (χ2n) is 5.56. The van der Waals surface area contributed by atoms with Gasteiger partial charge in [-0.1, -0.05) is 12.1 Å². The average molecular weight is 271 g/mol. The summed E-state index contributed by atoms with van der Waals surface area (Å²) < 4.78 is 0. The normalized spacial score (nSPS) is 22.7. The first-order valence-electron chi connectivity index (χ1n) is 7.23. The fraction of sp³-hybridized carbons (Fsp3) is 0.467. The van der Waals surface area contributed by atoms with E-state index < -0.39 is 0 Å². The summed E-state index contributed by atoms with van der Waals surface area (Å²) in [7, 11) is 0. The summed E-state index contributed by atoms with van der Waals surface area (Å²) in [5, 5.41) is 10.8. The zero-order valence-corrected chi connectivity index (χ0v) is 11.8. The van der Waals surface area contributed by atoms with E-state index in [4.69, 9.17) is 5.73 Å². The summed E-state index contributed by atoms with van der Waals surface area (Å²) >= 11 is 0. The Morgan fingerprint density at radius 2 is 2.15 bits per heavy atom. The Morgan fingerprint density at radius 1 is 1.30 bits per heavy atom. The Kier molecular flexibility index (Phi) is 3.69. The molecule has 0 amide bonds. The first-order valence-corrected chi connectivity index (χ1v) is 7.23. The van der Waals surface area contributed by atoms with E-state index in [9.17, 15) is 0 Å². The van der Waals surface area contributed by atoms with Gasteiger partial charge in [0.05, 0.1) is 0 Å². The highest BCUT2D eigenvalue weighted by Crippen LogP contribution is 2.28. The molecule has 0 bridgehead atoms. The number of aromatic nitrogens is 3. The maximum Gasteiger partial charge on any atom is 0.183 e. The van der Waals surface area contributed by atoms with Crippen LogP contribution in [0.15, 0.2) is 24.3 Å². The standard InChI is InChI=1S/C15H21N5/c1-10-17-15(20-19-10)13-7-2-3-8-14(13)18-12-6-4-5-11(16)9-12/h2-3,7-8,11-12,18H,4-6,9,16H2,1H3,(H,17,19,20). The van der Waals surface area contributed by atoms with Crippen LogP contribution in [-0.4, -0.2) is 27.3 Å². The van der Waals surface area contributed by atoms with Crippen LogP contribution < -0.4 is 11.1 Å². The number of benzene rings is 1. The molecule has 1 aromatic carbocycles. The molecule has 1 heterocycles. The van der Waals surface area contributed by atoms with E-state index in [0.717, 1.165) is 35.7 Å². The summed E-state index contributed by atoms with van der Waals surface area (Å²) in [6.45, 7) is 1.91. The molecule has 0 spiro atoms. The van der Waals surface area contributed by atoms with Crippen LogP contribution in [0.3, 0.4) is 0 Å². The van der Waals surface area contributed by atoms with Crippen molar-refractivity contribution in [2.45, 2.75) is 44.7 Å². The quantitative estimate of drug-likeness (QED) is 0.801. The van der Waals surface area contributed by atoms with Crippen molar-refractivity contribution in [1.29, 1.82) is 0 Å². The van der Waals surface area contributed by atoms with Gasteiger partial charge in [0, 0.05) is 23.3 Å². The van der Waals surface area contributed by atoms with Gasteiger partial charge in [0.2, 0.25) is 0 Å². The first-order chi connectivity index (χ1) is 9.72. The largest absolute Gasteiger partial charge is 0.382 e. The molecule has 1 aliphatic rings. The van der Waals surface area contributed by atoms with Crippen molar-refractivity contribution < 1.29 is 0 Å². The van der Waals surface area contributed by atoms with Crippen LogP contribution in [0.25, 0.3) is 11.4 Å². The monoisotopic (exact) mass is 271 g/mol. The molecule has 3 rings (SSSR count). The van der Waals surface area contributed by atoms with E-state index in [2.05, 4.69) is 26.6 Å². The number of anilines is 1. The minimum absolute atomic E-state index is 0.319. The fourth-order valence-electron chi connectivity index (χ4n) is 2.85. The molecule has 1 aromatic heterocycles. The SMILES string of the molecule is Cc1nc(-c2ccccc2NC2CCCC(N)C2)n[nH]1. The van der Waals surface area contributed by atoms with Crippen molar-refractivity contribution >= 4 is 5.69 Å². The molecular formula is C15H21N5. The zero-order valence-electron chi connectivity index (χ0n) is 11.8. The van der Waals surface area contributed by atoms with Gasteiger partial charge in [0.15, 0.2) is 5.82 Å². The van der Waals surface area contributed by atoms with Crippen molar-refractivity contribution in [1.82, 2.24) is 15.2 Å². The van der Waals surface area contributed by atoms with Crippen molar-refractivity contribution in [3.63, 3.8) is 0 Å². The lowest BCUT2D eigenvalue weighted by atomic mass is 9.91. The van der Waals surface area contributed by atoms with Gasteiger partial charge >= 0.3 is 0 Å². The molecule has 4 N–H and O–H groups in total. The van der Waals surface area contributed by atoms with E-state index in [1.165, 1.54) is 12.8 Å². The summed E-state index contributed by atoms with van der Waals surface area (Å²) in [6, 6.07) is 8.95. The van der Waals surface area contributed by atoms with Gasteiger partial charge in [-0.05, 0) is 44.7 Å².